The Bertz CT molecular complexity index is 699. The van der Waals surface area contributed by atoms with E-state index in [-0.39, 0.29) is 17.9 Å². The standard InChI is InChI=1S/C16H21N5OS/c1-10(2)15(22)21-8-4-5-12(21)13-14(18-7-6-17-13)20-16-19-11(3)9-23-16/h6-7,9-10,12H,4-5,8H2,1-3H3,(H,18,19,20)/t12-/m1/s1. The molecule has 1 atom stereocenters. The van der Waals surface area contributed by atoms with Gasteiger partial charge in [-0.25, -0.2) is 9.97 Å². The van der Waals surface area contributed by atoms with E-state index in [9.17, 15) is 4.79 Å². The van der Waals surface area contributed by atoms with E-state index in [1.54, 1.807) is 12.4 Å². The Hall–Kier alpha value is -2.02. The monoisotopic (exact) mass is 331 g/mol. The second kappa shape index (κ2) is 6.62. The number of nitrogens with zero attached hydrogens (tertiary/aromatic N) is 4. The van der Waals surface area contributed by atoms with E-state index in [1.807, 2.05) is 31.1 Å². The van der Waals surface area contributed by atoms with Crippen molar-refractivity contribution in [2.24, 2.45) is 5.92 Å². The maximum atomic E-state index is 12.4. The number of nitrogens with one attached hydrogen (secondary N) is 1. The Morgan fingerprint density at radius 1 is 1.39 bits per heavy atom. The van der Waals surface area contributed by atoms with E-state index >= 15 is 0 Å². The molecule has 6 nitrogen and oxygen atoms in total. The van der Waals surface area contributed by atoms with Gasteiger partial charge in [0.1, 0.15) is 5.69 Å². The zero-order chi connectivity index (χ0) is 16.4. The highest BCUT2D eigenvalue weighted by Gasteiger charge is 2.33. The summed E-state index contributed by atoms with van der Waals surface area (Å²) in [6.07, 6.45) is 5.26. The van der Waals surface area contributed by atoms with E-state index in [1.165, 1.54) is 11.3 Å². The van der Waals surface area contributed by atoms with Gasteiger partial charge >= 0.3 is 0 Å². The number of likely N-dealkylation sites (tertiary alicyclic amines) is 1. The summed E-state index contributed by atoms with van der Waals surface area (Å²) in [6, 6.07) is -0.0119. The Morgan fingerprint density at radius 3 is 2.87 bits per heavy atom. The maximum Gasteiger partial charge on any atom is 0.225 e. The third kappa shape index (κ3) is 3.34. The number of hydrogen-bond acceptors (Lipinski definition) is 6. The van der Waals surface area contributed by atoms with Crippen molar-refractivity contribution >= 4 is 28.2 Å². The third-order valence-electron chi connectivity index (χ3n) is 3.92. The van der Waals surface area contributed by atoms with E-state index < -0.39 is 0 Å². The molecule has 0 radical (unpaired) electrons. The molecule has 3 rings (SSSR count). The van der Waals surface area contributed by atoms with Crippen LogP contribution in [0.15, 0.2) is 17.8 Å². The molecule has 1 N–H and O–H groups in total. The molecule has 122 valence electrons. The molecule has 1 fully saturated rings. The predicted octanol–water partition coefficient (Wildman–Crippen LogP) is 3.30. The smallest absolute Gasteiger partial charge is 0.225 e. The maximum absolute atomic E-state index is 12.4. The molecule has 3 heterocycles. The summed E-state index contributed by atoms with van der Waals surface area (Å²) in [6.45, 7) is 6.62. The summed E-state index contributed by atoms with van der Waals surface area (Å²) in [7, 11) is 0. The molecule has 1 saturated heterocycles. The van der Waals surface area contributed by atoms with Gasteiger partial charge < -0.3 is 10.2 Å². The molecular formula is C16H21N5OS. The predicted molar refractivity (Wildman–Crippen MR) is 90.7 cm³/mol. The third-order valence-corrected chi connectivity index (χ3v) is 4.79. The Balaban J connectivity index is 1.88. The zero-order valence-corrected chi connectivity index (χ0v) is 14.4. The van der Waals surface area contributed by atoms with Crippen molar-refractivity contribution in [3.8, 4) is 0 Å². The van der Waals surface area contributed by atoms with Crippen molar-refractivity contribution in [1.82, 2.24) is 19.9 Å². The zero-order valence-electron chi connectivity index (χ0n) is 13.6. The molecule has 2 aromatic rings. The number of thiazole rings is 1. The van der Waals surface area contributed by atoms with Crippen LogP contribution in [0.2, 0.25) is 0 Å². The number of rotatable bonds is 4. The van der Waals surface area contributed by atoms with Crippen molar-refractivity contribution in [3.05, 3.63) is 29.2 Å². The second-order valence-electron chi connectivity index (χ2n) is 6.05. The highest BCUT2D eigenvalue weighted by Crippen LogP contribution is 2.35. The van der Waals surface area contributed by atoms with E-state index in [2.05, 4.69) is 20.3 Å². The van der Waals surface area contributed by atoms with Gasteiger partial charge in [-0.15, -0.1) is 11.3 Å². The lowest BCUT2D eigenvalue weighted by Gasteiger charge is -2.26. The van der Waals surface area contributed by atoms with Crippen molar-refractivity contribution < 1.29 is 4.79 Å². The van der Waals surface area contributed by atoms with Gasteiger partial charge in [0.25, 0.3) is 0 Å². The fourth-order valence-corrected chi connectivity index (χ4v) is 3.54. The summed E-state index contributed by atoms with van der Waals surface area (Å²) < 4.78 is 0. The molecule has 0 spiro atoms. The Morgan fingerprint density at radius 2 is 2.17 bits per heavy atom. The van der Waals surface area contributed by atoms with Gasteiger partial charge in [-0.1, -0.05) is 13.8 Å². The van der Waals surface area contributed by atoms with E-state index in [0.717, 1.165) is 35.9 Å². The average molecular weight is 331 g/mol. The fourth-order valence-electron chi connectivity index (χ4n) is 2.85. The van der Waals surface area contributed by atoms with Crippen LogP contribution in [0.4, 0.5) is 10.9 Å². The van der Waals surface area contributed by atoms with Gasteiger partial charge in [-0.2, -0.15) is 0 Å². The lowest BCUT2D eigenvalue weighted by molar-refractivity contribution is -0.135. The van der Waals surface area contributed by atoms with Crippen LogP contribution in [0.3, 0.4) is 0 Å². The van der Waals surface area contributed by atoms with Crippen molar-refractivity contribution in [1.29, 1.82) is 0 Å². The topological polar surface area (TPSA) is 71.0 Å². The summed E-state index contributed by atoms with van der Waals surface area (Å²) >= 11 is 1.54. The van der Waals surface area contributed by atoms with Crippen LogP contribution in [0.25, 0.3) is 0 Å². The van der Waals surface area contributed by atoms with E-state index in [4.69, 9.17) is 0 Å². The summed E-state index contributed by atoms with van der Waals surface area (Å²) in [5, 5.41) is 6.04. The number of hydrogen-bond donors (Lipinski definition) is 1. The molecule has 0 bridgehead atoms. The van der Waals surface area contributed by atoms with Crippen LogP contribution in [-0.4, -0.2) is 32.3 Å². The molecular weight excluding hydrogens is 310 g/mol. The highest BCUT2D eigenvalue weighted by molar-refractivity contribution is 7.13. The summed E-state index contributed by atoms with van der Waals surface area (Å²) in [4.78, 5) is 27.7. The van der Waals surface area contributed by atoms with Crippen molar-refractivity contribution in [2.75, 3.05) is 11.9 Å². The first kappa shape index (κ1) is 15.9. The number of aromatic nitrogens is 3. The highest BCUT2D eigenvalue weighted by atomic mass is 32.1. The number of carbonyl (C=O) groups excluding carboxylic acids is 1. The molecule has 2 aromatic heterocycles. The van der Waals surface area contributed by atoms with Crippen LogP contribution in [-0.2, 0) is 4.79 Å². The first-order valence-corrected chi connectivity index (χ1v) is 8.74. The number of amides is 1. The molecule has 0 aromatic carbocycles. The summed E-state index contributed by atoms with van der Waals surface area (Å²) in [5.74, 6) is 0.856. The molecule has 0 aliphatic carbocycles. The lowest BCUT2D eigenvalue weighted by Crippen LogP contribution is -2.34. The molecule has 0 saturated carbocycles. The van der Waals surface area contributed by atoms with Crippen molar-refractivity contribution in [2.45, 2.75) is 39.7 Å². The van der Waals surface area contributed by atoms with Gasteiger partial charge in [0.2, 0.25) is 5.91 Å². The largest absolute Gasteiger partial charge is 0.334 e. The molecule has 0 unspecified atom stereocenters. The SMILES string of the molecule is Cc1csc(Nc2nccnc2[C@H]2CCCN2C(=O)C(C)C)n1. The molecule has 1 aliphatic rings. The minimum absolute atomic E-state index is 0.00899. The van der Waals surface area contributed by atoms with Gasteiger partial charge in [0.15, 0.2) is 10.9 Å². The van der Waals surface area contributed by atoms with Crippen LogP contribution >= 0.6 is 11.3 Å². The molecule has 7 heteroatoms. The van der Waals surface area contributed by atoms with Gasteiger partial charge in [-0.05, 0) is 19.8 Å². The van der Waals surface area contributed by atoms with Crippen LogP contribution < -0.4 is 5.32 Å². The molecule has 1 aliphatic heterocycles. The quantitative estimate of drug-likeness (QED) is 0.930. The minimum atomic E-state index is -0.0119. The summed E-state index contributed by atoms with van der Waals surface area (Å²) in [5.41, 5.74) is 1.80. The number of carbonyl (C=O) groups is 1. The number of aryl methyl sites for hydroxylation is 1. The average Bonchev–Trinajstić information content (AvgIpc) is 3.16. The van der Waals surface area contributed by atoms with Crippen LogP contribution in [0, 0.1) is 12.8 Å². The first-order valence-electron chi connectivity index (χ1n) is 7.87. The minimum Gasteiger partial charge on any atom is -0.334 e. The van der Waals surface area contributed by atoms with Crippen LogP contribution in [0.5, 0.6) is 0 Å². The number of anilines is 2. The Labute approximate surface area is 140 Å². The van der Waals surface area contributed by atoms with E-state index in [0.29, 0.717) is 5.82 Å². The first-order chi connectivity index (χ1) is 11.1. The second-order valence-corrected chi connectivity index (χ2v) is 6.91. The van der Waals surface area contributed by atoms with Crippen molar-refractivity contribution in [3.63, 3.8) is 0 Å². The lowest BCUT2D eigenvalue weighted by atomic mass is 10.1. The van der Waals surface area contributed by atoms with Gasteiger partial charge in [0, 0.05) is 30.2 Å². The molecule has 1 amide bonds. The van der Waals surface area contributed by atoms with Gasteiger partial charge in [0.05, 0.1) is 11.7 Å². The normalized spacial score (nSPS) is 17.7. The van der Waals surface area contributed by atoms with Crippen LogP contribution in [0.1, 0.15) is 44.1 Å². The van der Waals surface area contributed by atoms with Gasteiger partial charge in [-0.3, -0.25) is 9.78 Å². The molecule has 23 heavy (non-hydrogen) atoms. The Kier molecular flexibility index (Phi) is 4.56. The fraction of sp³-hybridized carbons (Fsp3) is 0.500.